The molecule has 0 fully saturated rings. The number of hydrogen-bond acceptors (Lipinski definition) is 4. The molecule has 1 aromatic carbocycles. The fourth-order valence-electron chi connectivity index (χ4n) is 2.73. The highest BCUT2D eigenvalue weighted by Crippen LogP contribution is 2.21. The van der Waals surface area contributed by atoms with Crippen LogP contribution >= 0.6 is 0 Å². The maximum absolute atomic E-state index is 5.96. The van der Waals surface area contributed by atoms with Gasteiger partial charge in [0.2, 0.25) is 0 Å². The molecule has 0 aliphatic carbocycles. The Bertz CT molecular complexity index is 853. The van der Waals surface area contributed by atoms with Gasteiger partial charge in [0.15, 0.2) is 5.82 Å². The number of nitrogens with two attached hydrogens (primary N) is 1. The van der Waals surface area contributed by atoms with Gasteiger partial charge in [0.25, 0.3) is 0 Å². The lowest BCUT2D eigenvalue weighted by molar-refractivity contribution is 0.154. The van der Waals surface area contributed by atoms with Crippen molar-refractivity contribution in [1.82, 2.24) is 14.5 Å². The van der Waals surface area contributed by atoms with E-state index in [9.17, 15) is 0 Å². The predicted molar refractivity (Wildman–Crippen MR) is 97.7 cm³/mol. The van der Waals surface area contributed by atoms with Crippen LogP contribution in [0.15, 0.2) is 42.5 Å². The standard InChI is InChI=1S/C19H22N4O/c1-14-13-17-18(19(20)21-14)22-15(2)23(17)10-12-24-11-6-9-16-7-4-3-5-8-16/h3-9,13H,10-12H2,1-2H3,(H2,20,21). The summed E-state index contributed by atoms with van der Waals surface area (Å²) in [6.45, 7) is 5.86. The summed E-state index contributed by atoms with van der Waals surface area (Å²) in [6.07, 6.45) is 4.09. The van der Waals surface area contributed by atoms with Gasteiger partial charge in [-0.25, -0.2) is 9.97 Å². The Hall–Kier alpha value is -2.66. The van der Waals surface area contributed by atoms with E-state index in [4.69, 9.17) is 10.5 Å². The third-order valence-corrected chi connectivity index (χ3v) is 3.87. The van der Waals surface area contributed by atoms with Crippen molar-refractivity contribution in [2.45, 2.75) is 20.4 Å². The molecule has 3 rings (SSSR count). The number of imidazole rings is 1. The van der Waals surface area contributed by atoms with Gasteiger partial charge in [0, 0.05) is 12.2 Å². The highest BCUT2D eigenvalue weighted by atomic mass is 16.5. The third-order valence-electron chi connectivity index (χ3n) is 3.87. The molecule has 2 heterocycles. The van der Waals surface area contributed by atoms with Crippen LogP contribution in [-0.2, 0) is 11.3 Å². The Morgan fingerprint density at radius 2 is 1.96 bits per heavy atom. The van der Waals surface area contributed by atoms with Gasteiger partial charge in [-0.1, -0.05) is 42.5 Å². The Morgan fingerprint density at radius 1 is 1.17 bits per heavy atom. The van der Waals surface area contributed by atoms with E-state index < -0.39 is 0 Å². The Morgan fingerprint density at radius 3 is 2.75 bits per heavy atom. The number of fused-ring (bicyclic) bond motifs is 1. The smallest absolute Gasteiger partial charge is 0.151 e. The van der Waals surface area contributed by atoms with Crippen LogP contribution in [-0.4, -0.2) is 27.7 Å². The molecule has 24 heavy (non-hydrogen) atoms. The first kappa shape index (κ1) is 16.2. The van der Waals surface area contributed by atoms with Crippen LogP contribution in [0, 0.1) is 13.8 Å². The number of aryl methyl sites for hydroxylation is 2. The summed E-state index contributed by atoms with van der Waals surface area (Å²) < 4.78 is 7.84. The largest absolute Gasteiger partial charge is 0.382 e. The molecule has 2 N–H and O–H groups in total. The second-order valence-electron chi connectivity index (χ2n) is 5.72. The summed E-state index contributed by atoms with van der Waals surface area (Å²) in [5.41, 5.74) is 9.82. The van der Waals surface area contributed by atoms with Crippen molar-refractivity contribution in [2.24, 2.45) is 0 Å². The molecule has 0 bridgehead atoms. The minimum absolute atomic E-state index is 0.485. The zero-order chi connectivity index (χ0) is 16.9. The molecular weight excluding hydrogens is 300 g/mol. The van der Waals surface area contributed by atoms with Crippen LogP contribution in [0.3, 0.4) is 0 Å². The molecule has 0 unspecified atom stereocenters. The van der Waals surface area contributed by atoms with Crippen molar-refractivity contribution in [2.75, 3.05) is 18.9 Å². The molecule has 3 aromatic rings. The average Bonchev–Trinajstić information content (AvgIpc) is 2.88. The lowest BCUT2D eigenvalue weighted by atomic mass is 10.2. The zero-order valence-corrected chi connectivity index (χ0v) is 14.1. The van der Waals surface area contributed by atoms with Crippen LogP contribution < -0.4 is 5.73 Å². The van der Waals surface area contributed by atoms with E-state index in [1.54, 1.807) is 0 Å². The van der Waals surface area contributed by atoms with Gasteiger partial charge in [0.05, 0.1) is 18.7 Å². The molecule has 0 aliphatic rings. The van der Waals surface area contributed by atoms with Crippen molar-refractivity contribution in [3.63, 3.8) is 0 Å². The van der Waals surface area contributed by atoms with Crippen molar-refractivity contribution in [3.05, 3.63) is 59.6 Å². The first-order valence-corrected chi connectivity index (χ1v) is 8.04. The van der Waals surface area contributed by atoms with Crippen LogP contribution in [0.1, 0.15) is 17.1 Å². The topological polar surface area (TPSA) is 66.0 Å². The van der Waals surface area contributed by atoms with E-state index in [-0.39, 0.29) is 0 Å². The van der Waals surface area contributed by atoms with E-state index in [0.717, 1.165) is 29.1 Å². The minimum Gasteiger partial charge on any atom is -0.382 e. The number of nitrogens with zero attached hydrogens (tertiary/aromatic N) is 3. The summed E-state index contributed by atoms with van der Waals surface area (Å²) in [5.74, 6) is 1.41. The van der Waals surface area contributed by atoms with Crippen molar-refractivity contribution in [1.29, 1.82) is 0 Å². The Balaban J connectivity index is 1.58. The van der Waals surface area contributed by atoms with Crippen LogP contribution in [0.25, 0.3) is 17.1 Å². The molecule has 0 aliphatic heterocycles. The molecule has 0 amide bonds. The molecule has 0 radical (unpaired) electrons. The lowest BCUT2D eigenvalue weighted by Gasteiger charge is -2.07. The number of aromatic nitrogens is 3. The molecular formula is C19H22N4O. The number of hydrogen-bond donors (Lipinski definition) is 1. The summed E-state index contributed by atoms with van der Waals surface area (Å²) in [4.78, 5) is 8.78. The van der Waals surface area contributed by atoms with Crippen LogP contribution in [0.5, 0.6) is 0 Å². The maximum atomic E-state index is 5.96. The van der Waals surface area contributed by atoms with Gasteiger partial charge < -0.3 is 15.0 Å². The second kappa shape index (κ2) is 7.27. The predicted octanol–water partition coefficient (Wildman–Crippen LogP) is 3.36. The van der Waals surface area contributed by atoms with Gasteiger partial charge in [-0.05, 0) is 25.5 Å². The first-order valence-electron chi connectivity index (χ1n) is 8.04. The van der Waals surface area contributed by atoms with E-state index in [1.807, 2.05) is 44.2 Å². The lowest BCUT2D eigenvalue weighted by Crippen LogP contribution is -2.08. The SMILES string of the molecule is Cc1cc2c(nc(C)n2CCOCC=Cc2ccccc2)c(N)n1. The van der Waals surface area contributed by atoms with E-state index in [0.29, 0.717) is 19.0 Å². The Labute approximate surface area is 141 Å². The minimum atomic E-state index is 0.485. The number of ether oxygens (including phenoxy) is 1. The summed E-state index contributed by atoms with van der Waals surface area (Å²) in [7, 11) is 0. The fourth-order valence-corrected chi connectivity index (χ4v) is 2.73. The van der Waals surface area contributed by atoms with E-state index in [1.165, 1.54) is 5.56 Å². The monoisotopic (exact) mass is 322 g/mol. The number of rotatable bonds is 6. The number of nitrogen functional groups attached to an aromatic ring is 1. The molecule has 124 valence electrons. The normalized spacial score (nSPS) is 11.6. The highest BCUT2D eigenvalue weighted by Gasteiger charge is 2.11. The van der Waals surface area contributed by atoms with Crippen molar-refractivity contribution in [3.8, 4) is 0 Å². The van der Waals surface area contributed by atoms with Gasteiger partial charge in [0.1, 0.15) is 11.3 Å². The molecule has 2 aromatic heterocycles. The van der Waals surface area contributed by atoms with E-state index in [2.05, 4.69) is 32.7 Å². The van der Waals surface area contributed by atoms with Gasteiger partial charge in [-0.15, -0.1) is 0 Å². The summed E-state index contributed by atoms with van der Waals surface area (Å²) in [5, 5.41) is 0. The van der Waals surface area contributed by atoms with Crippen LogP contribution in [0.4, 0.5) is 5.82 Å². The molecule has 5 nitrogen and oxygen atoms in total. The highest BCUT2D eigenvalue weighted by molar-refractivity contribution is 5.85. The zero-order valence-electron chi connectivity index (χ0n) is 14.1. The van der Waals surface area contributed by atoms with Crippen molar-refractivity contribution >= 4 is 22.9 Å². The average molecular weight is 322 g/mol. The molecule has 0 spiro atoms. The van der Waals surface area contributed by atoms with Gasteiger partial charge in [-0.2, -0.15) is 0 Å². The molecule has 5 heteroatoms. The molecule has 0 saturated heterocycles. The Kier molecular flexibility index (Phi) is 4.91. The number of benzene rings is 1. The first-order chi connectivity index (χ1) is 11.6. The quantitative estimate of drug-likeness (QED) is 0.707. The summed E-state index contributed by atoms with van der Waals surface area (Å²) in [6, 6.07) is 12.2. The number of pyridine rings is 1. The second-order valence-corrected chi connectivity index (χ2v) is 5.72. The van der Waals surface area contributed by atoms with E-state index >= 15 is 0 Å². The third kappa shape index (κ3) is 3.63. The van der Waals surface area contributed by atoms with Gasteiger partial charge in [-0.3, -0.25) is 0 Å². The van der Waals surface area contributed by atoms with Crippen molar-refractivity contribution < 1.29 is 4.74 Å². The molecule has 0 saturated carbocycles. The van der Waals surface area contributed by atoms with Crippen LogP contribution in [0.2, 0.25) is 0 Å². The number of anilines is 1. The van der Waals surface area contributed by atoms with Gasteiger partial charge >= 0.3 is 0 Å². The molecule has 0 atom stereocenters. The summed E-state index contributed by atoms with van der Waals surface area (Å²) >= 11 is 0. The maximum Gasteiger partial charge on any atom is 0.151 e. The fraction of sp³-hybridized carbons (Fsp3) is 0.263.